The van der Waals surface area contributed by atoms with Crippen molar-refractivity contribution in [3.05, 3.63) is 102 Å². The molecule has 38 heavy (non-hydrogen) atoms. The molecule has 1 atom stereocenters. The minimum absolute atomic E-state index is 0.0827. The largest absolute Gasteiger partial charge is 0.496 e. The highest BCUT2D eigenvalue weighted by atomic mass is 16.5. The third-order valence-corrected chi connectivity index (χ3v) is 6.10. The van der Waals surface area contributed by atoms with E-state index >= 15 is 0 Å². The second-order valence-corrected chi connectivity index (χ2v) is 8.82. The highest BCUT2D eigenvalue weighted by molar-refractivity contribution is 6.00. The summed E-state index contributed by atoms with van der Waals surface area (Å²) in [4.78, 5) is 18.2. The van der Waals surface area contributed by atoms with E-state index in [1.54, 1.807) is 7.11 Å². The lowest BCUT2D eigenvalue weighted by molar-refractivity contribution is -0.127. The first-order chi connectivity index (χ1) is 18.6. The third-order valence-electron chi connectivity index (χ3n) is 6.10. The molecule has 8 heteroatoms. The number of amides is 1. The molecule has 0 bridgehead atoms. The van der Waals surface area contributed by atoms with Crippen molar-refractivity contribution in [1.82, 2.24) is 10.9 Å². The van der Waals surface area contributed by atoms with Crippen LogP contribution in [0.15, 0.2) is 89.9 Å². The number of rotatable bonds is 13. The van der Waals surface area contributed by atoms with Gasteiger partial charge in [-0.25, -0.2) is 10.4 Å². The molecule has 1 aliphatic rings. The zero-order valence-electron chi connectivity index (χ0n) is 21.4. The summed E-state index contributed by atoms with van der Waals surface area (Å²) < 4.78 is 16.9. The highest BCUT2D eigenvalue weighted by Gasteiger charge is 2.43. The maximum Gasteiger partial charge on any atom is 0.266 e. The van der Waals surface area contributed by atoms with Crippen LogP contribution in [0, 0.1) is 0 Å². The zero-order chi connectivity index (χ0) is 26.6. The number of hydrogen-bond donors (Lipinski definition) is 3. The molecule has 0 fully saturated rings. The number of hydrazine groups is 1. The Labute approximate surface area is 222 Å². The van der Waals surface area contributed by atoms with Gasteiger partial charge in [0.15, 0.2) is 5.54 Å². The molecule has 8 nitrogen and oxygen atoms in total. The van der Waals surface area contributed by atoms with Gasteiger partial charge in [-0.1, -0.05) is 60.7 Å². The van der Waals surface area contributed by atoms with Crippen LogP contribution in [0.2, 0.25) is 0 Å². The van der Waals surface area contributed by atoms with Crippen molar-refractivity contribution in [3.63, 3.8) is 0 Å². The standard InChI is InChI=1S/C30H33N3O5/c1-36-27-13-6-5-12-25(27)21-31-33-29(35)30(18-7-11-23-9-3-2-4-10-23)22-38-28(32-30)24-14-16-26(17-15-24)37-20-8-19-34/h2-7,9-17,31,34H,8,18-22H2,1H3,(H,33,35)/b11-7+/t30-/m0/s1. The number of ether oxygens (including phenoxy) is 3. The van der Waals surface area contributed by atoms with Crippen LogP contribution in [0.5, 0.6) is 11.5 Å². The van der Waals surface area contributed by atoms with Crippen molar-refractivity contribution < 1.29 is 24.1 Å². The maximum atomic E-state index is 13.5. The quantitative estimate of drug-likeness (QED) is 0.236. The van der Waals surface area contributed by atoms with E-state index in [0.717, 1.165) is 22.4 Å². The monoisotopic (exact) mass is 515 g/mol. The summed E-state index contributed by atoms with van der Waals surface area (Å²) in [5, 5.41) is 8.93. The van der Waals surface area contributed by atoms with Gasteiger partial charge in [-0.3, -0.25) is 10.2 Å². The van der Waals surface area contributed by atoms with Crippen LogP contribution in [-0.2, 0) is 16.1 Å². The second kappa shape index (κ2) is 13.4. The molecular weight excluding hydrogens is 482 g/mol. The molecular formula is C30H33N3O5. The zero-order valence-corrected chi connectivity index (χ0v) is 21.4. The predicted molar refractivity (Wildman–Crippen MR) is 147 cm³/mol. The molecule has 1 amide bonds. The summed E-state index contributed by atoms with van der Waals surface area (Å²) in [6.07, 6.45) is 4.85. The molecule has 1 heterocycles. The van der Waals surface area contributed by atoms with Gasteiger partial charge in [-0.15, -0.1) is 0 Å². The third kappa shape index (κ3) is 7.00. The van der Waals surface area contributed by atoms with E-state index in [2.05, 4.69) is 10.9 Å². The molecule has 3 aromatic rings. The SMILES string of the molecule is COc1ccccc1CNNC(=O)[C@]1(C/C=C/c2ccccc2)COC(c2ccc(OCCCO)cc2)=N1. The van der Waals surface area contributed by atoms with Gasteiger partial charge in [0, 0.05) is 37.1 Å². The van der Waals surface area contributed by atoms with Crippen LogP contribution < -0.4 is 20.3 Å². The molecule has 3 N–H and O–H groups in total. The minimum Gasteiger partial charge on any atom is -0.496 e. The molecule has 4 rings (SSSR count). The highest BCUT2D eigenvalue weighted by Crippen LogP contribution is 2.28. The Balaban J connectivity index is 1.49. The molecule has 198 valence electrons. The van der Waals surface area contributed by atoms with Crippen molar-refractivity contribution >= 4 is 17.9 Å². The van der Waals surface area contributed by atoms with Gasteiger partial charge >= 0.3 is 0 Å². The number of aliphatic hydroxyl groups is 1. The van der Waals surface area contributed by atoms with E-state index in [9.17, 15) is 4.79 Å². The first kappa shape index (κ1) is 26.9. The van der Waals surface area contributed by atoms with Crippen LogP contribution in [0.1, 0.15) is 29.5 Å². The normalized spacial score (nSPS) is 16.6. The van der Waals surface area contributed by atoms with Crippen molar-refractivity contribution in [2.45, 2.75) is 24.9 Å². The molecule has 0 aromatic heterocycles. The first-order valence-corrected chi connectivity index (χ1v) is 12.6. The van der Waals surface area contributed by atoms with Gasteiger partial charge in [0.05, 0.1) is 13.7 Å². The lowest BCUT2D eigenvalue weighted by atomic mass is 9.95. The van der Waals surface area contributed by atoms with Gasteiger partial charge < -0.3 is 19.3 Å². The van der Waals surface area contributed by atoms with E-state index in [4.69, 9.17) is 24.3 Å². The number of nitrogens with one attached hydrogen (secondary N) is 2. The van der Waals surface area contributed by atoms with Crippen molar-refractivity contribution in [2.75, 3.05) is 26.9 Å². The van der Waals surface area contributed by atoms with Crippen LogP contribution in [-0.4, -0.2) is 49.4 Å². The number of aliphatic hydroxyl groups excluding tert-OH is 1. The summed E-state index contributed by atoms with van der Waals surface area (Å²) in [7, 11) is 1.62. The van der Waals surface area contributed by atoms with Gasteiger partial charge in [0.2, 0.25) is 5.90 Å². The Morgan fingerprint density at radius 2 is 1.84 bits per heavy atom. The summed E-state index contributed by atoms with van der Waals surface area (Å²) in [5.74, 6) is 1.54. The Hall–Kier alpha value is -4.14. The average Bonchev–Trinajstić information content (AvgIpc) is 3.40. The number of carbonyl (C=O) groups is 1. The average molecular weight is 516 g/mol. The molecule has 0 aliphatic carbocycles. The van der Waals surface area contributed by atoms with Crippen LogP contribution in [0.4, 0.5) is 0 Å². The fraction of sp³-hybridized carbons (Fsp3) is 0.267. The van der Waals surface area contributed by atoms with Crippen LogP contribution >= 0.6 is 0 Å². The van der Waals surface area contributed by atoms with Gasteiger partial charge in [-0.05, 0) is 35.9 Å². The molecule has 0 saturated heterocycles. The van der Waals surface area contributed by atoms with E-state index in [-0.39, 0.29) is 19.1 Å². The predicted octanol–water partition coefficient (Wildman–Crippen LogP) is 3.90. The molecule has 0 radical (unpaired) electrons. The van der Waals surface area contributed by atoms with Crippen LogP contribution in [0.3, 0.4) is 0 Å². The lowest BCUT2D eigenvalue weighted by Gasteiger charge is -2.22. The Bertz CT molecular complexity index is 1240. The molecule has 3 aromatic carbocycles. The summed E-state index contributed by atoms with van der Waals surface area (Å²) in [6, 6.07) is 24.9. The van der Waals surface area contributed by atoms with E-state index in [1.807, 2.05) is 91.0 Å². The summed E-state index contributed by atoms with van der Waals surface area (Å²) in [6.45, 7) is 1.02. The molecule has 0 unspecified atom stereocenters. The Kier molecular flexibility index (Phi) is 9.50. The number of methoxy groups -OCH3 is 1. The second-order valence-electron chi connectivity index (χ2n) is 8.82. The van der Waals surface area contributed by atoms with Crippen molar-refractivity contribution in [3.8, 4) is 11.5 Å². The number of para-hydroxylation sites is 1. The van der Waals surface area contributed by atoms with E-state index < -0.39 is 5.54 Å². The molecule has 1 aliphatic heterocycles. The fourth-order valence-electron chi connectivity index (χ4n) is 4.00. The van der Waals surface area contributed by atoms with Crippen molar-refractivity contribution in [1.29, 1.82) is 0 Å². The van der Waals surface area contributed by atoms with Crippen LogP contribution in [0.25, 0.3) is 6.08 Å². The molecule has 0 spiro atoms. The smallest absolute Gasteiger partial charge is 0.266 e. The van der Waals surface area contributed by atoms with E-state index in [1.165, 1.54) is 0 Å². The molecule has 0 saturated carbocycles. The fourth-order valence-corrected chi connectivity index (χ4v) is 4.00. The Morgan fingerprint density at radius 3 is 2.61 bits per heavy atom. The summed E-state index contributed by atoms with van der Waals surface area (Å²) >= 11 is 0. The van der Waals surface area contributed by atoms with E-state index in [0.29, 0.717) is 37.6 Å². The van der Waals surface area contributed by atoms with Gasteiger partial charge in [-0.2, -0.15) is 0 Å². The summed E-state index contributed by atoms with van der Waals surface area (Å²) in [5.41, 5.74) is 7.40. The topological polar surface area (TPSA) is 101 Å². The maximum absolute atomic E-state index is 13.5. The Morgan fingerprint density at radius 1 is 1.08 bits per heavy atom. The van der Waals surface area contributed by atoms with Crippen molar-refractivity contribution in [2.24, 2.45) is 4.99 Å². The number of hydrogen-bond acceptors (Lipinski definition) is 7. The van der Waals surface area contributed by atoms with Gasteiger partial charge in [0.1, 0.15) is 18.1 Å². The minimum atomic E-state index is -1.13. The number of benzene rings is 3. The lowest BCUT2D eigenvalue weighted by Crippen LogP contribution is -2.51. The number of aliphatic imine (C=N–C) groups is 1. The first-order valence-electron chi connectivity index (χ1n) is 12.6. The van der Waals surface area contributed by atoms with Gasteiger partial charge in [0.25, 0.3) is 5.91 Å². The number of nitrogens with zero attached hydrogens (tertiary/aromatic N) is 1. The number of carbonyl (C=O) groups excluding carboxylic acids is 1.